The van der Waals surface area contributed by atoms with Crippen LogP contribution in [0.4, 0.5) is 17.6 Å². The van der Waals surface area contributed by atoms with Crippen LogP contribution in [0.2, 0.25) is 0 Å². The number of rotatable bonds is 4. The van der Waals surface area contributed by atoms with Crippen LogP contribution in [-0.2, 0) is 16.0 Å². The highest BCUT2D eigenvalue weighted by Gasteiger charge is 2.33. The fraction of sp³-hybridized carbons (Fsp3) is 0.0909. The second kappa shape index (κ2) is 7.86. The van der Waals surface area contributed by atoms with Gasteiger partial charge in [0.25, 0.3) is 0 Å². The van der Waals surface area contributed by atoms with Crippen molar-refractivity contribution in [2.75, 3.05) is 6.26 Å². The van der Waals surface area contributed by atoms with E-state index in [0.717, 1.165) is 30.8 Å². The molecule has 0 N–H and O–H groups in total. The van der Waals surface area contributed by atoms with Crippen molar-refractivity contribution in [3.8, 4) is 22.8 Å². The largest absolute Gasteiger partial charge is 0.457 e. The summed E-state index contributed by atoms with van der Waals surface area (Å²) in [4.78, 5) is 7.70. The maximum absolute atomic E-state index is 13.9. The standard InChI is InChI=1S/C22H14F4N2O3S/c1-32(29,30)17-10-14(23)9-16(11-17)31-15-5-2-4-13(8-15)20-18-6-3-7-19(22(24,25)26)21(18)28-12-27-20/h2-12H,1H3. The topological polar surface area (TPSA) is 69.2 Å². The maximum Gasteiger partial charge on any atom is 0.418 e. The Balaban J connectivity index is 1.77. The third-order valence-corrected chi connectivity index (χ3v) is 5.68. The summed E-state index contributed by atoms with van der Waals surface area (Å²) in [5.74, 6) is -0.624. The van der Waals surface area contributed by atoms with Crippen molar-refractivity contribution in [3.05, 3.63) is 78.4 Å². The summed E-state index contributed by atoms with van der Waals surface area (Å²) in [6, 6.07) is 13.1. The van der Waals surface area contributed by atoms with Crippen LogP contribution < -0.4 is 4.74 Å². The Morgan fingerprint density at radius 1 is 0.906 bits per heavy atom. The normalized spacial score (nSPS) is 12.2. The number of hydrogen-bond acceptors (Lipinski definition) is 5. The minimum atomic E-state index is -4.58. The van der Waals surface area contributed by atoms with Crippen molar-refractivity contribution < 1.29 is 30.7 Å². The summed E-state index contributed by atoms with van der Waals surface area (Å²) in [5, 5.41) is 0.199. The van der Waals surface area contributed by atoms with Gasteiger partial charge >= 0.3 is 6.18 Å². The van der Waals surface area contributed by atoms with E-state index in [1.807, 2.05) is 0 Å². The van der Waals surface area contributed by atoms with Gasteiger partial charge in [-0.1, -0.05) is 24.3 Å². The predicted octanol–water partition coefficient (Wildman–Crippen LogP) is 5.65. The van der Waals surface area contributed by atoms with E-state index >= 15 is 0 Å². The molecule has 0 aliphatic rings. The second-order valence-corrected chi connectivity index (χ2v) is 8.96. The fourth-order valence-electron chi connectivity index (χ4n) is 3.20. The Kier molecular flexibility index (Phi) is 5.33. The van der Waals surface area contributed by atoms with E-state index in [0.29, 0.717) is 5.56 Å². The molecule has 0 aliphatic heterocycles. The summed E-state index contributed by atoms with van der Waals surface area (Å²) < 4.78 is 83.0. The van der Waals surface area contributed by atoms with E-state index in [2.05, 4.69) is 9.97 Å². The summed E-state index contributed by atoms with van der Waals surface area (Å²) in [6.07, 6.45) is -2.59. The van der Waals surface area contributed by atoms with Crippen LogP contribution in [-0.4, -0.2) is 24.6 Å². The molecule has 5 nitrogen and oxygen atoms in total. The molecule has 1 aromatic heterocycles. The smallest absolute Gasteiger partial charge is 0.418 e. The Bertz CT molecular complexity index is 1440. The predicted molar refractivity (Wildman–Crippen MR) is 110 cm³/mol. The molecule has 0 bridgehead atoms. The van der Waals surface area contributed by atoms with E-state index in [4.69, 9.17) is 4.74 Å². The van der Waals surface area contributed by atoms with Crippen molar-refractivity contribution in [1.82, 2.24) is 9.97 Å². The molecule has 0 aliphatic carbocycles. The van der Waals surface area contributed by atoms with Gasteiger partial charge in [0.1, 0.15) is 23.6 Å². The van der Waals surface area contributed by atoms with Crippen LogP contribution in [0, 0.1) is 5.82 Å². The highest BCUT2D eigenvalue weighted by Crippen LogP contribution is 2.37. The zero-order valence-corrected chi connectivity index (χ0v) is 17.2. The Labute approximate surface area is 180 Å². The molecule has 0 saturated heterocycles. The Hall–Kier alpha value is -3.53. The number of hydrogen-bond donors (Lipinski definition) is 0. The van der Waals surface area contributed by atoms with Gasteiger partial charge in [-0.15, -0.1) is 0 Å². The number of alkyl halides is 3. The molecule has 0 fully saturated rings. The average Bonchev–Trinajstić information content (AvgIpc) is 2.71. The van der Waals surface area contributed by atoms with Crippen molar-refractivity contribution >= 4 is 20.7 Å². The molecule has 0 saturated carbocycles. The molecule has 164 valence electrons. The van der Waals surface area contributed by atoms with Gasteiger partial charge in [-0.05, 0) is 30.3 Å². The van der Waals surface area contributed by atoms with Crippen LogP contribution in [0.15, 0.2) is 71.9 Å². The van der Waals surface area contributed by atoms with Gasteiger partial charge < -0.3 is 4.74 Å². The number of benzene rings is 3. The second-order valence-electron chi connectivity index (χ2n) is 6.95. The van der Waals surface area contributed by atoms with Gasteiger partial charge in [0.2, 0.25) is 0 Å². The van der Waals surface area contributed by atoms with Crippen LogP contribution in [0.5, 0.6) is 11.5 Å². The number of sulfone groups is 1. The molecule has 0 radical (unpaired) electrons. The van der Waals surface area contributed by atoms with E-state index in [9.17, 15) is 26.0 Å². The molecule has 10 heteroatoms. The zero-order valence-electron chi connectivity index (χ0n) is 16.4. The Morgan fingerprint density at radius 2 is 1.66 bits per heavy atom. The third kappa shape index (κ3) is 4.40. The lowest BCUT2D eigenvalue weighted by Crippen LogP contribution is -2.07. The molecule has 3 aromatic carbocycles. The summed E-state index contributed by atoms with van der Waals surface area (Å²) >= 11 is 0. The molecule has 0 spiro atoms. The van der Waals surface area contributed by atoms with Gasteiger partial charge in [0.15, 0.2) is 9.84 Å². The summed E-state index contributed by atoms with van der Waals surface area (Å²) in [7, 11) is -3.66. The molecular weight excluding hydrogens is 448 g/mol. The molecule has 1 heterocycles. The van der Waals surface area contributed by atoms with Crippen LogP contribution in [0.25, 0.3) is 22.2 Å². The number of halogens is 4. The number of ether oxygens (including phenoxy) is 1. The number of nitrogens with zero attached hydrogens (tertiary/aromatic N) is 2. The van der Waals surface area contributed by atoms with E-state index in [1.54, 1.807) is 18.2 Å². The molecule has 0 atom stereocenters. The number of fused-ring (bicyclic) bond motifs is 1. The maximum atomic E-state index is 13.9. The van der Waals surface area contributed by atoms with E-state index in [-0.39, 0.29) is 33.0 Å². The quantitative estimate of drug-likeness (QED) is 0.367. The van der Waals surface area contributed by atoms with Gasteiger partial charge in [-0.2, -0.15) is 13.2 Å². The molecule has 0 amide bonds. The van der Waals surface area contributed by atoms with Crippen molar-refractivity contribution in [2.45, 2.75) is 11.1 Å². The molecular formula is C22H14F4N2O3S. The third-order valence-electron chi connectivity index (χ3n) is 4.59. The van der Waals surface area contributed by atoms with Gasteiger partial charge in [-0.25, -0.2) is 22.8 Å². The minimum Gasteiger partial charge on any atom is -0.457 e. The first kappa shape index (κ1) is 21.7. The first-order valence-corrected chi connectivity index (χ1v) is 11.0. The van der Waals surface area contributed by atoms with Crippen molar-refractivity contribution in [1.29, 1.82) is 0 Å². The zero-order chi connectivity index (χ0) is 23.1. The highest BCUT2D eigenvalue weighted by atomic mass is 32.2. The van der Waals surface area contributed by atoms with E-state index < -0.39 is 27.4 Å². The monoisotopic (exact) mass is 462 g/mol. The Morgan fingerprint density at radius 3 is 2.38 bits per heavy atom. The van der Waals surface area contributed by atoms with Gasteiger partial charge in [-0.3, -0.25) is 0 Å². The van der Waals surface area contributed by atoms with Crippen LogP contribution >= 0.6 is 0 Å². The van der Waals surface area contributed by atoms with Crippen LogP contribution in [0.1, 0.15) is 5.56 Å². The number of para-hydroxylation sites is 1. The van der Waals surface area contributed by atoms with Crippen molar-refractivity contribution in [2.24, 2.45) is 0 Å². The first-order chi connectivity index (χ1) is 15.0. The molecule has 32 heavy (non-hydrogen) atoms. The lowest BCUT2D eigenvalue weighted by atomic mass is 10.0. The molecule has 4 rings (SSSR count). The molecule has 0 unspecified atom stereocenters. The van der Waals surface area contributed by atoms with Gasteiger partial charge in [0, 0.05) is 23.3 Å². The van der Waals surface area contributed by atoms with Gasteiger partial charge in [0.05, 0.1) is 21.7 Å². The van der Waals surface area contributed by atoms with Crippen molar-refractivity contribution in [3.63, 3.8) is 0 Å². The first-order valence-electron chi connectivity index (χ1n) is 9.12. The number of aromatic nitrogens is 2. The average molecular weight is 462 g/mol. The lowest BCUT2D eigenvalue weighted by molar-refractivity contribution is -0.136. The van der Waals surface area contributed by atoms with E-state index in [1.165, 1.54) is 24.3 Å². The highest BCUT2D eigenvalue weighted by molar-refractivity contribution is 7.90. The molecule has 4 aromatic rings. The summed E-state index contributed by atoms with van der Waals surface area (Å²) in [5.41, 5.74) is -0.421. The summed E-state index contributed by atoms with van der Waals surface area (Å²) in [6.45, 7) is 0. The lowest BCUT2D eigenvalue weighted by Gasteiger charge is -2.12. The SMILES string of the molecule is CS(=O)(=O)c1cc(F)cc(Oc2cccc(-c3ncnc4c(C(F)(F)F)cccc34)c2)c1. The fourth-order valence-corrected chi connectivity index (χ4v) is 3.86. The van der Waals surface area contributed by atoms with Crippen LogP contribution in [0.3, 0.4) is 0 Å². The minimum absolute atomic E-state index is 0.0468.